The van der Waals surface area contributed by atoms with Crippen LogP contribution < -0.4 is 0 Å². The predicted octanol–water partition coefficient (Wildman–Crippen LogP) is 2.73. The molecule has 0 bridgehead atoms. The van der Waals surface area contributed by atoms with E-state index in [4.69, 9.17) is 11.4 Å². The fourth-order valence-corrected chi connectivity index (χ4v) is 6.47. The molecule has 0 unspecified atom stereocenters. The van der Waals surface area contributed by atoms with Crippen LogP contribution in [0.15, 0.2) is 0 Å². The normalized spacial score (nSPS) is 12.0. The van der Waals surface area contributed by atoms with E-state index >= 15 is 0 Å². The summed E-state index contributed by atoms with van der Waals surface area (Å²) in [5.41, 5.74) is 0. The molecule has 0 aromatic carbocycles. The van der Waals surface area contributed by atoms with Crippen LogP contribution in [0, 0.1) is 0 Å². The second kappa shape index (κ2) is 9.90. The second-order valence-corrected chi connectivity index (χ2v) is 11.9. The van der Waals surface area contributed by atoms with Crippen LogP contribution in [-0.2, 0) is 33.1 Å². The van der Waals surface area contributed by atoms with Crippen molar-refractivity contribution in [2.45, 2.75) is 39.5 Å². The molecule has 0 aromatic rings. The number of rotatable bonds is 10. The average molecular weight is 387 g/mol. The van der Waals surface area contributed by atoms with Gasteiger partial charge in [-0.15, -0.1) is 0 Å². The minimum atomic E-state index is -3.72. The molecule has 5 heteroatoms. The van der Waals surface area contributed by atoms with Gasteiger partial charge in [0.1, 0.15) is 0 Å². The molecule has 15 heavy (non-hydrogen) atoms. The molecule has 92 valence electrons. The van der Waals surface area contributed by atoms with E-state index < -0.39 is 21.7 Å². The first-order valence-corrected chi connectivity index (χ1v) is 11.5. The quantitative estimate of drug-likeness (QED) is 0.427. The molecule has 0 radical (unpaired) electrons. The van der Waals surface area contributed by atoms with E-state index in [1.165, 1.54) is 0 Å². The first-order chi connectivity index (χ1) is 7.24. The molecule has 4 nitrogen and oxygen atoms in total. The summed E-state index contributed by atoms with van der Waals surface area (Å²) in [4.78, 5) is 0. The Morgan fingerprint density at radius 3 is 1.47 bits per heavy atom. The molecule has 0 N–H and O–H groups in total. The van der Waals surface area contributed by atoms with Gasteiger partial charge in [0.15, 0.2) is 0 Å². The molecule has 0 aliphatic heterocycles. The fourth-order valence-electron chi connectivity index (χ4n) is 1.04. The monoisotopic (exact) mass is 388 g/mol. The maximum absolute atomic E-state index is 5.67. The summed E-state index contributed by atoms with van der Waals surface area (Å²) < 4.78 is 22.0. The first kappa shape index (κ1) is 15.7. The molecule has 0 aromatic heterocycles. The summed E-state index contributed by atoms with van der Waals surface area (Å²) in [6.07, 6.45) is 4.25. The summed E-state index contributed by atoms with van der Waals surface area (Å²) in [5.74, 6) is 0. The second-order valence-electron chi connectivity index (χ2n) is 3.31. The van der Waals surface area contributed by atoms with Gasteiger partial charge in [0.2, 0.25) is 0 Å². The molecular weight excluding hydrogens is 363 g/mol. The van der Waals surface area contributed by atoms with Crippen molar-refractivity contribution < 1.29 is 33.1 Å². The number of hydrogen-bond donors (Lipinski definition) is 0. The van der Waals surface area contributed by atoms with E-state index in [0.717, 1.165) is 25.7 Å². The van der Waals surface area contributed by atoms with Crippen LogP contribution in [-0.4, -0.2) is 27.4 Å². The Balaban J connectivity index is 3.93. The van der Waals surface area contributed by atoms with Crippen LogP contribution in [0.4, 0.5) is 0 Å². The number of hydrogen-bond acceptors (Lipinski definition) is 4. The van der Waals surface area contributed by atoms with Gasteiger partial charge in [-0.2, -0.15) is 0 Å². The molecule has 0 fully saturated rings. The Morgan fingerprint density at radius 1 is 0.800 bits per heavy atom. The summed E-state index contributed by atoms with van der Waals surface area (Å²) in [5, 5.41) is 0. The van der Waals surface area contributed by atoms with Crippen molar-refractivity contribution in [3.05, 3.63) is 0 Å². The average Bonchev–Trinajstić information content (AvgIpc) is 2.28. The molecule has 0 aliphatic rings. The third-order valence-electron chi connectivity index (χ3n) is 2.05. The van der Waals surface area contributed by atoms with E-state index in [1.807, 2.05) is 0 Å². The zero-order valence-corrected chi connectivity index (χ0v) is 14.0. The van der Waals surface area contributed by atoms with Gasteiger partial charge < -0.3 is 0 Å². The molecular formula is C10H24HfO4. The topological polar surface area (TPSA) is 36.9 Å². The standard InChI is InChI=1S/2C4H9O.2CH3O.Hf/c2*1-2-3-4-5;2*1-2;/h2*2-4H2,1H3;2*1H3;/q4*-1;+4. The van der Waals surface area contributed by atoms with Gasteiger partial charge >= 0.3 is 100 Å². The van der Waals surface area contributed by atoms with E-state index in [-0.39, 0.29) is 0 Å². The predicted molar refractivity (Wildman–Crippen MR) is 55.7 cm³/mol. The Hall–Kier alpha value is 0.710. The molecule has 0 atom stereocenters. The van der Waals surface area contributed by atoms with Gasteiger partial charge in [-0.05, 0) is 0 Å². The van der Waals surface area contributed by atoms with Crippen LogP contribution in [0.5, 0.6) is 0 Å². The van der Waals surface area contributed by atoms with Crippen LogP contribution in [0.1, 0.15) is 39.5 Å². The van der Waals surface area contributed by atoms with E-state index in [0.29, 0.717) is 13.2 Å². The first-order valence-electron chi connectivity index (χ1n) is 5.62. The van der Waals surface area contributed by atoms with Crippen molar-refractivity contribution in [2.75, 3.05) is 27.4 Å². The summed E-state index contributed by atoms with van der Waals surface area (Å²) in [7, 11) is 3.23. The molecule has 0 amide bonds. The van der Waals surface area contributed by atoms with E-state index in [9.17, 15) is 0 Å². The van der Waals surface area contributed by atoms with Gasteiger partial charge in [-0.1, -0.05) is 0 Å². The molecule has 0 heterocycles. The number of unbranched alkanes of at least 4 members (excludes halogenated alkanes) is 2. The van der Waals surface area contributed by atoms with E-state index in [1.54, 1.807) is 14.2 Å². The Bertz CT molecular complexity index is 127. The SMILES string of the molecule is CCCC[O][Hf]([O]C)([O]C)[O]CCCC. The Kier molecular flexibility index (Phi) is 10.4. The zero-order valence-electron chi connectivity index (χ0n) is 10.4. The minimum absolute atomic E-state index is 0.672. The van der Waals surface area contributed by atoms with Crippen molar-refractivity contribution in [3.8, 4) is 0 Å². The van der Waals surface area contributed by atoms with Gasteiger partial charge in [0.05, 0.1) is 0 Å². The van der Waals surface area contributed by atoms with Gasteiger partial charge in [0.25, 0.3) is 0 Å². The van der Waals surface area contributed by atoms with Gasteiger partial charge in [-0.25, -0.2) is 0 Å². The van der Waals surface area contributed by atoms with Crippen molar-refractivity contribution in [1.29, 1.82) is 0 Å². The zero-order chi connectivity index (χ0) is 11.6. The third-order valence-corrected chi connectivity index (χ3v) is 9.65. The fraction of sp³-hybridized carbons (Fsp3) is 1.00. The van der Waals surface area contributed by atoms with Crippen molar-refractivity contribution in [2.24, 2.45) is 0 Å². The summed E-state index contributed by atoms with van der Waals surface area (Å²) >= 11 is -3.72. The van der Waals surface area contributed by atoms with Crippen molar-refractivity contribution in [3.63, 3.8) is 0 Å². The maximum atomic E-state index is 5.67. The van der Waals surface area contributed by atoms with Crippen molar-refractivity contribution >= 4 is 0 Å². The van der Waals surface area contributed by atoms with Crippen LogP contribution in [0.2, 0.25) is 0 Å². The van der Waals surface area contributed by atoms with E-state index in [2.05, 4.69) is 13.8 Å². The van der Waals surface area contributed by atoms with Crippen LogP contribution in [0.25, 0.3) is 0 Å². The van der Waals surface area contributed by atoms with Crippen LogP contribution in [0.3, 0.4) is 0 Å². The third kappa shape index (κ3) is 6.79. The summed E-state index contributed by atoms with van der Waals surface area (Å²) in [6, 6.07) is 0. The van der Waals surface area contributed by atoms with Gasteiger partial charge in [0, 0.05) is 0 Å². The van der Waals surface area contributed by atoms with Crippen LogP contribution >= 0.6 is 0 Å². The van der Waals surface area contributed by atoms with Crippen molar-refractivity contribution in [1.82, 2.24) is 0 Å². The Labute approximate surface area is 100.0 Å². The molecule has 0 spiro atoms. The molecule has 0 saturated carbocycles. The Morgan fingerprint density at radius 2 is 1.20 bits per heavy atom. The molecule has 0 rings (SSSR count). The summed E-state index contributed by atoms with van der Waals surface area (Å²) in [6.45, 7) is 5.59. The van der Waals surface area contributed by atoms with Gasteiger partial charge in [-0.3, -0.25) is 0 Å². The molecule has 0 saturated heterocycles. The molecule has 0 aliphatic carbocycles.